The predicted octanol–water partition coefficient (Wildman–Crippen LogP) is 2.85. The van der Waals surface area contributed by atoms with E-state index in [2.05, 4.69) is 4.74 Å². The molecule has 0 aromatic heterocycles. The molecule has 1 aromatic rings. The zero-order chi connectivity index (χ0) is 15.8. The summed E-state index contributed by atoms with van der Waals surface area (Å²) in [4.78, 5) is 11.2. The van der Waals surface area contributed by atoms with Gasteiger partial charge in [-0.25, -0.2) is 13.2 Å². The monoisotopic (exact) mass is 306 g/mol. The van der Waals surface area contributed by atoms with Crippen molar-refractivity contribution in [2.75, 3.05) is 13.2 Å². The molecule has 0 aliphatic heterocycles. The fraction of sp³-hybridized carbons (Fsp3) is 0.500. The second-order valence-electron chi connectivity index (χ2n) is 4.24. The van der Waals surface area contributed by atoms with Crippen LogP contribution in [0.1, 0.15) is 31.4 Å². The molecule has 0 fully saturated rings. The minimum Gasteiger partial charge on any atom is -0.490 e. The summed E-state index contributed by atoms with van der Waals surface area (Å²) < 4.78 is 47.1. The van der Waals surface area contributed by atoms with Gasteiger partial charge in [0.25, 0.3) is 0 Å². The van der Waals surface area contributed by atoms with Gasteiger partial charge in [0.15, 0.2) is 11.6 Å². The molecule has 1 rings (SSSR count). The molecule has 1 N–H and O–H groups in total. The number of aliphatic hydroxyl groups excluding tert-OH is 1. The molecule has 0 aliphatic carbocycles. The minimum absolute atomic E-state index is 0.178. The average molecular weight is 306 g/mol. The van der Waals surface area contributed by atoms with Crippen LogP contribution >= 0.6 is 0 Å². The number of carbonyl (C=O) groups is 1. The van der Waals surface area contributed by atoms with Crippen molar-refractivity contribution in [1.82, 2.24) is 0 Å². The van der Waals surface area contributed by atoms with Crippen LogP contribution in [0.4, 0.5) is 13.2 Å². The largest absolute Gasteiger partial charge is 0.490 e. The first-order valence-corrected chi connectivity index (χ1v) is 6.48. The zero-order valence-electron chi connectivity index (χ0n) is 11.5. The van der Waals surface area contributed by atoms with Crippen molar-refractivity contribution in [3.63, 3.8) is 0 Å². The van der Waals surface area contributed by atoms with Gasteiger partial charge in [-0.15, -0.1) is 0 Å². The van der Waals surface area contributed by atoms with Crippen LogP contribution in [0, 0.1) is 5.82 Å². The molecule has 0 amide bonds. The van der Waals surface area contributed by atoms with E-state index in [-0.39, 0.29) is 30.9 Å². The molecule has 1 aromatic carbocycles. The number of benzene rings is 1. The van der Waals surface area contributed by atoms with E-state index in [1.54, 1.807) is 6.92 Å². The number of ether oxygens (including phenoxy) is 2. The maximum absolute atomic E-state index is 13.7. The third-order valence-electron chi connectivity index (χ3n) is 2.60. The molecule has 0 radical (unpaired) electrons. The third-order valence-corrected chi connectivity index (χ3v) is 2.60. The Morgan fingerprint density at radius 3 is 2.67 bits per heavy atom. The van der Waals surface area contributed by atoms with Crippen LogP contribution < -0.4 is 4.74 Å². The number of alkyl halides is 2. The average Bonchev–Trinajstić information content (AvgIpc) is 2.40. The number of aliphatic hydroxyl groups is 1. The van der Waals surface area contributed by atoms with Crippen LogP contribution in [0.3, 0.4) is 0 Å². The van der Waals surface area contributed by atoms with Crippen molar-refractivity contribution in [2.45, 2.75) is 32.3 Å². The molecular formula is C14H17F3O4. The highest BCUT2D eigenvalue weighted by Crippen LogP contribution is 2.24. The highest BCUT2D eigenvalue weighted by atomic mass is 19.3. The lowest BCUT2D eigenvalue weighted by Gasteiger charge is -2.12. The van der Waals surface area contributed by atoms with Crippen LogP contribution in [-0.2, 0) is 9.53 Å². The molecule has 118 valence electrons. The van der Waals surface area contributed by atoms with Crippen molar-refractivity contribution in [2.24, 2.45) is 0 Å². The number of carbonyl (C=O) groups excluding carboxylic acids is 1. The Kier molecular flexibility index (Phi) is 7.01. The van der Waals surface area contributed by atoms with Crippen LogP contribution in [0.2, 0.25) is 0 Å². The molecule has 7 heteroatoms. The van der Waals surface area contributed by atoms with Crippen molar-refractivity contribution in [3.8, 4) is 5.75 Å². The van der Waals surface area contributed by atoms with Gasteiger partial charge in [-0.2, -0.15) is 0 Å². The molecule has 21 heavy (non-hydrogen) atoms. The van der Waals surface area contributed by atoms with Crippen LogP contribution in [0.15, 0.2) is 18.2 Å². The summed E-state index contributed by atoms with van der Waals surface area (Å²) in [5.41, 5.74) is 0.182. The molecule has 1 atom stereocenters. The van der Waals surface area contributed by atoms with Gasteiger partial charge in [0, 0.05) is 6.42 Å². The molecule has 0 spiro atoms. The number of halogens is 3. The van der Waals surface area contributed by atoms with Gasteiger partial charge < -0.3 is 14.6 Å². The first kappa shape index (κ1) is 17.3. The van der Waals surface area contributed by atoms with Gasteiger partial charge in [0.05, 0.1) is 25.7 Å². The lowest BCUT2D eigenvalue weighted by Crippen LogP contribution is -2.10. The Labute approximate surface area is 120 Å². The molecule has 4 nitrogen and oxygen atoms in total. The normalized spacial score (nSPS) is 12.3. The first-order valence-electron chi connectivity index (χ1n) is 6.48. The molecule has 0 saturated heterocycles. The highest BCUT2D eigenvalue weighted by Gasteiger charge is 2.16. The van der Waals surface area contributed by atoms with Gasteiger partial charge in [0.1, 0.15) is 0 Å². The second kappa shape index (κ2) is 8.51. The van der Waals surface area contributed by atoms with E-state index in [4.69, 9.17) is 4.74 Å². The Hall–Kier alpha value is -1.76. The number of hydrogen-bond donors (Lipinski definition) is 1. The van der Waals surface area contributed by atoms with E-state index in [1.165, 1.54) is 12.1 Å². The van der Waals surface area contributed by atoms with Gasteiger partial charge in [-0.05, 0) is 24.6 Å². The van der Waals surface area contributed by atoms with Crippen LogP contribution in [0.5, 0.6) is 5.75 Å². The topological polar surface area (TPSA) is 55.8 Å². The molecular weight excluding hydrogens is 289 g/mol. The Morgan fingerprint density at radius 2 is 2.10 bits per heavy atom. The van der Waals surface area contributed by atoms with E-state index in [0.29, 0.717) is 0 Å². The maximum Gasteiger partial charge on any atom is 0.308 e. The van der Waals surface area contributed by atoms with E-state index in [1.807, 2.05) is 0 Å². The van der Waals surface area contributed by atoms with Gasteiger partial charge in [-0.3, -0.25) is 4.79 Å². The van der Waals surface area contributed by atoms with Crippen molar-refractivity contribution in [3.05, 3.63) is 29.6 Å². The molecule has 0 aliphatic rings. The van der Waals surface area contributed by atoms with Crippen molar-refractivity contribution < 1.29 is 32.5 Å². The molecule has 0 saturated carbocycles. The van der Waals surface area contributed by atoms with E-state index in [9.17, 15) is 23.1 Å². The quantitative estimate of drug-likeness (QED) is 0.750. The summed E-state index contributed by atoms with van der Waals surface area (Å²) in [6.07, 6.45) is -4.50. The summed E-state index contributed by atoms with van der Waals surface area (Å²) >= 11 is 0. The first-order chi connectivity index (χ1) is 9.93. The number of rotatable bonds is 8. The Morgan fingerprint density at radius 1 is 1.38 bits per heavy atom. The highest BCUT2D eigenvalue weighted by molar-refractivity contribution is 5.70. The lowest BCUT2D eigenvalue weighted by molar-refractivity contribution is -0.145. The van der Waals surface area contributed by atoms with Gasteiger partial charge in [0.2, 0.25) is 6.43 Å². The molecule has 0 bridgehead atoms. The van der Waals surface area contributed by atoms with Crippen LogP contribution in [-0.4, -0.2) is 30.7 Å². The fourth-order valence-corrected chi connectivity index (χ4v) is 1.60. The van der Waals surface area contributed by atoms with E-state index in [0.717, 1.165) is 6.07 Å². The summed E-state index contributed by atoms with van der Waals surface area (Å²) in [6.45, 7) is 1.52. The van der Waals surface area contributed by atoms with E-state index < -0.39 is 30.7 Å². The zero-order valence-corrected chi connectivity index (χ0v) is 11.5. The maximum atomic E-state index is 13.7. The molecule has 1 unspecified atom stereocenters. The lowest BCUT2D eigenvalue weighted by atomic mass is 10.1. The summed E-state index contributed by atoms with van der Waals surface area (Å²) in [5, 5.41) is 9.77. The van der Waals surface area contributed by atoms with Gasteiger partial charge in [-0.1, -0.05) is 6.07 Å². The van der Waals surface area contributed by atoms with Crippen molar-refractivity contribution in [1.29, 1.82) is 0 Å². The van der Waals surface area contributed by atoms with E-state index >= 15 is 0 Å². The minimum atomic E-state index is -2.52. The Bertz CT molecular complexity index is 466. The predicted molar refractivity (Wildman–Crippen MR) is 68.7 cm³/mol. The second-order valence-corrected chi connectivity index (χ2v) is 4.24. The van der Waals surface area contributed by atoms with Gasteiger partial charge >= 0.3 is 5.97 Å². The fourth-order valence-electron chi connectivity index (χ4n) is 1.60. The smallest absolute Gasteiger partial charge is 0.308 e. The Balaban J connectivity index is 2.62. The SMILES string of the molecule is CCOC(=O)CC(O)c1ccc(OCCC(F)F)c(F)c1. The van der Waals surface area contributed by atoms with Crippen LogP contribution in [0.25, 0.3) is 0 Å². The van der Waals surface area contributed by atoms with Crippen molar-refractivity contribution >= 4 is 5.97 Å². The summed E-state index contributed by atoms with van der Waals surface area (Å²) in [5.74, 6) is -1.56. The standard InChI is InChI=1S/C14H17F3O4/c1-2-20-14(19)8-11(18)9-3-4-12(10(15)7-9)21-6-5-13(16)17/h3-4,7,11,13,18H,2,5-6,8H2,1H3. The third kappa shape index (κ3) is 6.03. The summed E-state index contributed by atoms with van der Waals surface area (Å²) in [6, 6.07) is 3.59. The number of hydrogen-bond acceptors (Lipinski definition) is 4. The number of esters is 1. The summed E-state index contributed by atoms with van der Waals surface area (Å²) in [7, 11) is 0. The molecule has 0 heterocycles.